The second-order valence-electron chi connectivity index (χ2n) is 8.05. The summed E-state index contributed by atoms with van der Waals surface area (Å²) in [5, 5.41) is 4.01. The predicted octanol–water partition coefficient (Wildman–Crippen LogP) is 4.34. The first-order valence-corrected chi connectivity index (χ1v) is 11.9. The zero-order chi connectivity index (χ0) is 23.4. The van der Waals surface area contributed by atoms with Crippen LogP contribution in [0, 0.1) is 6.92 Å². The lowest BCUT2D eigenvalue weighted by molar-refractivity contribution is 0.0954. The van der Waals surface area contributed by atoms with Gasteiger partial charge in [-0.05, 0) is 43.0 Å². The van der Waals surface area contributed by atoms with E-state index in [1.807, 2.05) is 19.1 Å². The number of amides is 1. The fourth-order valence-electron chi connectivity index (χ4n) is 4.29. The average Bonchev–Trinajstić information content (AvgIpc) is 3.01. The van der Waals surface area contributed by atoms with Gasteiger partial charge in [0.15, 0.2) is 11.5 Å². The van der Waals surface area contributed by atoms with E-state index in [4.69, 9.17) is 14.2 Å². The number of anilines is 1. The summed E-state index contributed by atoms with van der Waals surface area (Å²) in [5.74, 6) is 2.44. The van der Waals surface area contributed by atoms with Gasteiger partial charge in [-0.1, -0.05) is 12.8 Å². The first-order valence-electron chi connectivity index (χ1n) is 11.1. The SMILES string of the molecule is COc1cc(CNC(=O)c2sc3ncnc(N4CCCCCC4)c3c2C)cc(OC)c1OC. The van der Waals surface area contributed by atoms with E-state index in [0.717, 1.165) is 53.1 Å². The van der Waals surface area contributed by atoms with Crippen LogP contribution >= 0.6 is 11.3 Å². The lowest BCUT2D eigenvalue weighted by atomic mass is 10.1. The molecule has 0 atom stereocenters. The maximum atomic E-state index is 13.1. The topological polar surface area (TPSA) is 85.8 Å². The van der Waals surface area contributed by atoms with Crippen molar-refractivity contribution in [1.29, 1.82) is 0 Å². The lowest BCUT2D eigenvalue weighted by Gasteiger charge is -2.22. The van der Waals surface area contributed by atoms with Gasteiger partial charge < -0.3 is 24.4 Å². The van der Waals surface area contributed by atoms with Crippen molar-refractivity contribution in [3.05, 3.63) is 34.5 Å². The summed E-state index contributed by atoms with van der Waals surface area (Å²) in [4.78, 5) is 26.0. The molecule has 176 valence electrons. The third-order valence-electron chi connectivity index (χ3n) is 6.00. The van der Waals surface area contributed by atoms with Crippen LogP contribution in [0.5, 0.6) is 17.2 Å². The van der Waals surface area contributed by atoms with Crippen molar-refractivity contribution in [2.24, 2.45) is 0 Å². The van der Waals surface area contributed by atoms with Gasteiger partial charge in [0.1, 0.15) is 17.0 Å². The molecule has 1 fully saturated rings. The molecule has 0 aliphatic carbocycles. The van der Waals surface area contributed by atoms with Crippen LogP contribution in [0.25, 0.3) is 10.2 Å². The number of carbonyl (C=O) groups is 1. The standard InChI is InChI=1S/C24H30N4O4S/c1-15-19-22(28-9-7-5-6-8-10-28)26-14-27-24(19)33-21(15)23(29)25-13-16-11-17(30-2)20(32-4)18(12-16)31-3/h11-12,14H,5-10,13H2,1-4H3,(H,25,29). The Balaban J connectivity index is 1.58. The molecule has 33 heavy (non-hydrogen) atoms. The van der Waals surface area contributed by atoms with Gasteiger partial charge >= 0.3 is 0 Å². The number of hydrogen-bond acceptors (Lipinski definition) is 8. The van der Waals surface area contributed by atoms with Crippen LogP contribution in [0.15, 0.2) is 18.5 Å². The Kier molecular flexibility index (Phi) is 7.17. The molecule has 3 heterocycles. The number of ether oxygens (including phenoxy) is 3. The Morgan fingerprint density at radius 3 is 2.30 bits per heavy atom. The van der Waals surface area contributed by atoms with Crippen LogP contribution in [0.3, 0.4) is 0 Å². The summed E-state index contributed by atoms with van der Waals surface area (Å²) in [6, 6.07) is 3.67. The summed E-state index contributed by atoms with van der Waals surface area (Å²) in [6.45, 7) is 4.29. The molecule has 9 heteroatoms. The van der Waals surface area contributed by atoms with Crippen LogP contribution in [0.2, 0.25) is 0 Å². The third-order valence-corrected chi connectivity index (χ3v) is 7.19. The van der Waals surface area contributed by atoms with E-state index < -0.39 is 0 Å². The summed E-state index contributed by atoms with van der Waals surface area (Å²) >= 11 is 1.41. The van der Waals surface area contributed by atoms with E-state index in [1.54, 1.807) is 27.7 Å². The maximum absolute atomic E-state index is 13.1. The molecule has 0 bridgehead atoms. The Morgan fingerprint density at radius 1 is 1.03 bits per heavy atom. The fraction of sp³-hybridized carbons (Fsp3) is 0.458. The highest BCUT2D eigenvalue weighted by Gasteiger charge is 2.23. The molecule has 1 aromatic carbocycles. The molecule has 3 aromatic rings. The minimum atomic E-state index is -0.133. The molecule has 1 aliphatic rings. The van der Waals surface area contributed by atoms with Crippen LogP contribution in [0.4, 0.5) is 5.82 Å². The first-order chi connectivity index (χ1) is 16.1. The molecule has 2 aromatic heterocycles. The van der Waals surface area contributed by atoms with Crippen LogP contribution in [0.1, 0.15) is 46.5 Å². The van der Waals surface area contributed by atoms with Crippen molar-refractivity contribution < 1.29 is 19.0 Å². The molecule has 0 saturated carbocycles. The van der Waals surface area contributed by atoms with E-state index in [0.29, 0.717) is 28.7 Å². The van der Waals surface area contributed by atoms with Gasteiger partial charge in [-0.2, -0.15) is 0 Å². The zero-order valence-corrected chi connectivity index (χ0v) is 20.4. The van der Waals surface area contributed by atoms with E-state index in [2.05, 4.69) is 20.2 Å². The number of thiophene rings is 1. The number of fused-ring (bicyclic) bond motifs is 1. The van der Waals surface area contributed by atoms with Crippen LogP contribution in [-0.4, -0.2) is 50.3 Å². The minimum Gasteiger partial charge on any atom is -0.493 e. The Labute approximate surface area is 197 Å². The van der Waals surface area contributed by atoms with Gasteiger partial charge in [-0.25, -0.2) is 9.97 Å². The number of rotatable bonds is 7. The smallest absolute Gasteiger partial charge is 0.261 e. The molecule has 1 amide bonds. The van der Waals surface area contributed by atoms with Crippen molar-refractivity contribution in [3.63, 3.8) is 0 Å². The van der Waals surface area contributed by atoms with Crippen molar-refractivity contribution in [2.45, 2.75) is 39.2 Å². The van der Waals surface area contributed by atoms with Gasteiger partial charge in [0.05, 0.1) is 31.6 Å². The summed E-state index contributed by atoms with van der Waals surface area (Å²) in [7, 11) is 4.71. The summed E-state index contributed by atoms with van der Waals surface area (Å²) in [5.41, 5.74) is 1.78. The minimum absolute atomic E-state index is 0.133. The molecular formula is C24H30N4O4S. The van der Waals surface area contributed by atoms with Crippen molar-refractivity contribution in [1.82, 2.24) is 15.3 Å². The number of aryl methyl sites for hydroxylation is 1. The molecular weight excluding hydrogens is 440 g/mol. The first kappa shape index (κ1) is 23.1. The lowest BCUT2D eigenvalue weighted by Crippen LogP contribution is -2.25. The second kappa shape index (κ2) is 10.2. The van der Waals surface area contributed by atoms with Gasteiger partial charge in [0.2, 0.25) is 5.75 Å². The van der Waals surface area contributed by atoms with Crippen molar-refractivity contribution in [2.75, 3.05) is 39.3 Å². The maximum Gasteiger partial charge on any atom is 0.261 e. The van der Waals surface area contributed by atoms with Crippen molar-refractivity contribution in [3.8, 4) is 17.2 Å². The Bertz CT molecular complexity index is 1110. The third kappa shape index (κ3) is 4.68. The van der Waals surface area contributed by atoms with E-state index >= 15 is 0 Å². The van der Waals surface area contributed by atoms with Crippen molar-refractivity contribution >= 4 is 33.3 Å². The average molecular weight is 471 g/mol. The monoisotopic (exact) mass is 470 g/mol. The highest BCUT2D eigenvalue weighted by molar-refractivity contribution is 7.20. The normalized spacial score (nSPS) is 14.1. The second-order valence-corrected chi connectivity index (χ2v) is 9.05. The number of nitrogens with one attached hydrogen (secondary N) is 1. The van der Waals surface area contributed by atoms with Gasteiger partial charge in [-0.15, -0.1) is 11.3 Å². The molecule has 0 radical (unpaired) electrons. The van der Waals surface area contributed by atoms with E-state index in [-0.39, 0.29) is 5.91 Å². The van der Waals surface area contributed by atoms with Crippen LogP contribution in [-0.2, 0) is 6.54 Å². The number of carbonyl (C=O) groups excluding carboxylic acids is 1. The van der Waals surface area contributed by atoms with Gasteiger partial charge in [0.25, 0.3) is 5.91 Å². The highest BCUT2D eigenvalue weighted by Crippen LogP contribution is 2.38. The highest BCUT2D eigenvalue weighted by atomic mass is 32.1. The Morgan fingerprint density at radius 2 is 1.70 bits per heavy atom. The molecule has 0 spiro atoms. The zero-order valence-electron chi connectivity index (χ0n) is 19.6. The van der Waals surface area contributed by atoms with E-state index in [1.165, 1.54) is 24.2 Å². The number of hydrogen-bond donors (Lipinski definition) is 1. The number of methoxy groups -OCH3 is 3. The number of nitrogens with zero attached hydrogens (tertiary/aromatic N) is 3. The molecule has 8 nitrogen and oxygen atoms in total. The molecule has 1 saturated heterocycles. The summed E-state index contributed by atoms with van der Waals surface area (Å²) < 4.78 is 16.2. The molecule has 1 aliphatic heterocycles. The largest absolute Gasteiger partial charge is 0.493 e. The van der Waals surface area contributed by atoms with E-state index in [9.17, 15) is 4.79 Å². The molecule has 1 N–H and O–H groups in total. The molecule has 4 rings (SSSR count). The molecule has 0 unspecified atom stereocenters. The summed E-state index contributed by atoms with van der Waals surface area (Å²) in [6.07, 6.45) is 6.44. The van der Waals surface area contributed by atoms with Gasteiger partial charge in [0, 0.05) is 19.6 Å². The number of aromatic nitrogens is 2. The quantitative estimate of drug-likeness (QED) is 0.550. The fourth-order valence-corrected chi connectivity index (χ4v) is 5.35. The van der Waals surface area contributed by atoms with Gasteiger partial charge in [-0.3, -0.25) is 4.79 Å². The van der Waals surface area contributed by atoms with Crippen LogP contribution < -0.4 is 24.4 Å². The Hall–Kier alpha value is -3.07. The number of benzene rings is 1. The predicted molar refractivity (Wildman–Crippen MR) is 130 cm³/mol.